The lowest BCUT2D eigenvalue weighted by atomic mass is 10.2. The van der Waals surface area contributed by atoms with Crippen LogP contribution in [0.1, 0.15) is 18.1 Å². The van der Waals surface area contributed by atoms with E-state index in [1.54, 1.807) is 0 Å². The highest BCUT2D eigenvalue weighted by Crippen LogP contribution is 2.08. The molecule has 1 fully saturated rings. The zero-order valence-electron chi connectivity index (χ0n) is 12.0. The summed E-state index contributed by atoms with van der Waals surface area (Å²) in [6, 6.07) is 11.1. The van der Waals surface area contributed by atoms with Crippen LogP contribution in [0.25, 0.3) is 0 Å². The molecule has 2 heterocycles. The van der Waals surface area contributed by atoms with E-state index in [4.69, 9.17) is 0 Å². The largest absolute Gasteiger partial charge is 0.312 e. The molecule has 106 valence electrons. The fourth-order valence-corrected chi connectivity index (χ4v) is 2.76. The number of hydrogen-bond acceptors (Lipinski definition) is 3. The van der Waals surface area contributed by atoms with E-state index in [0.717, 1.165) is 32.7 Å². The van der Waals surface area contributed by atoms with Gasteiger partial charge in [-0.2, -0.15) is 5.10 Å². The van der Waals surface area contributed by atoms with E-state index < -0.39 is 0 Å². The molecule has 3 rings (SSSR count). The van der Waals surface area contributed by atoms with Crippen molar-refractivity contribution in [2.24, 2.45) is 0 Å². The second-order valence-corrected chi connectivity index (χ2v) is 5.62. The maximum Gasteiger partial charge on any atom is 0.0659 e. The van der Waals surface area contributed by atoms with Crippen LogP contribution < -0.4 is 5.32 Å². The van der Waals surface area contributed by atoms with E-state index in [9.17, 15) is 0 Å². The lowest BCUT2D eigenvalue weighted by Gasteiger charge is -2.31. The van der Waals surface area contributed by atoms with Gasteiger partial charge in [-0.05, 0) is 12.5 Å². The van der Waals surface area contributed by atoms with Crippen molar-refractivity contribution in [3.05, 3.63) is 53.9 Å². The molecular weight excluding hydrogens is 248 g/mol. The number of nitrogens with zero attached hydrogens (tertiary/aromatic N) is 3. The summed E-state index contributed by atoms with van der Waals surface area (Å²) in [5.74, 6) is 0. The lowest BCUT2D eigenvalue weighted by molar-refractivity contribution is 0.199. The highest BCUT2D eigenvalue weighted by molar-refractivity contribution is 5.15. The molecule has 4 nitrogen and oxygen atoms in total. The molecular formula is C16H22N4. The first kappa shape index (κ1) is 13.3. The number of hydrogen-bond donors (Lipinski definition) is 1. The van der Waals surface area contributed by atoms with E-state index in [0.29, 0.717) is 6.04 Å². The molecule has 1 aromatic heterocycles. The molecule has 1 atom stereocenters. The molecule has 0 spiro atoms. The van der Waals surface area contributed by atoms with Crippen molar-refractivity contribution < 1.29 is 0 Å². The Hall–Kier alpha value is -1.65. The van der Waals surface area contributed by atoms with Gasteiger partial charge in [0, 0.05) is 44.0 Å². The third-order valence-electron chi connectivity index (χ3n) is 3.73. The minimum Gasteiger partial charge on any atom is -0.312 e. The smallest absolute Gasteiger partial charge is 0.0659 e. The summed E-state index contributed by atoms with van der Waals surface area (Å²) in [6.45, 7) is 7.40. The Morgan fingerprint density at radius 1 is 1.20 bits per heavy atom. The van der Waals surface area contributed by atoms with Crippen LogP contribution in [0.3, 0.4) is 0 Å². The summed E-state index contributed by atoms with van der Waals surface area (Å²) in [7, 11) is 0. The average Bonchev–Trinajstić information content (AvgIpc) is 2.87. The standard InChI is InChI=1S/C16H22N4/c1-14-10-19(8-7-17-14)11-16-9-18-20(13-16)12-15-5-3-2-4-6-15/h2-6,9,13-14,17H,7-8,10-12H2,1H3. The zero-order valence-corrected chi connectivity index (χ0v) is 12.0. The molecule has 1 aliphatic rings. The SMILES string of the molecule is CC1CN(Cc2cnn(Cc3ccccc3)c2)CCN1. The predicted molar refractivity (Wildman–Crippen MR) is 80.5 cm³/mol. The van der Waals surface area contributed by atoms with Crippen molar-refractivity contribution in [1.29, 1.82) is 0 Å². The molecule has 1 aliphatic heterocycles. The van der Waals surface area contributed by atoms with Crippen LogP contribution in [0.15, 0.2) is 42.7 Å². The molecule has 1 aromatic carbocycles. The van der Waals surface area contributed by atoms with E-state index in [-0.39, 0.29) is 0 Å². The average molecular weight is 270 g/mol. The Labute approximate surface area is 120 Å². The molecule has 1 N–H and O–H groups in total. The molecule has 1 saturated heterocycles. The summed E-state index contributed by atoms with van der Waals surface area (Å²) >= 11 is 0. The van der Waals surface area contributed by atoms with Crippen molar-refractivity contribution >= 4 is 0 Å². The molecule has 0 aliphatic carbocycles. The molecule has 0 radical (unpaired) electrons. The molecule has 2 aromatic rings. The second kappa shape index (κ2) is 6.20. The third kappa shape index (κ3) is 3.46. The number of nitrogens with one attached hydrogen (secondary N) is 1. The van der Waals surface area contributed by atoms with E-state index in [1.165, 1.54) is 11.1 Å². The molecule has 20 heavy (non-hydrogen) atoms. The van der Waals surface area contributed by atoms with Gasteiger partial charge in [-0.3, -0.25) is 9.58 Å². The molecule has 0 amide bonds. The van der Waals surface area contributed by atoms with Crippen LogP contribution in [0, 0.1) is 0 Å². The van der Waals surface area contributed by atoms with Crippen molar-refractivity contribution in [2.45, 2.75) is 26.1 Å². The minimum atomic E-state index is 0.586. The maximum absolute atomic E-state index is 4.47. The number of piperazine rings is 1. The third-order valence-corrected chi connectivity index (χ3v) is 3.73. The fraction of sp³-hybridized carbons (Fsp3) is 0.438. The first-order chi connectivity index (χ1) is 9.79. The first-order valence-electron chi connectivity index (χ1n) is 7.30. The van der Waals surface area contributed by atoms with Crippen molar-refractivity contribution in [3.63, 3.8) is 0 Å². The van der Waals surface area contributed by atoms with Crippen molar-refractivity contribution in [3.8, 4) is 0 Å². The van der Waals surface area contributed by atoms with Gasteiger partial charge in [0.05, 0.1) is 12.7 Å². The van der Waals surface area contributed by atoms with Crippen LogP contribution >= 0.6 is 0 Å². The lowest BCUT2D eigenvalue weighted by Crippen LogP contribution is -2.48. The normalized spacial score (nSPS) is 20.1. The Morgan fingerprint density at radius 3 is 2.85 bits per heavy atom. The highest BCUT2D eigenvalue weighted by Gasteiger charge is 2.15. The van der Waals surface area contributed by atoms with Crippen LogP contribution in [-0.4, -0.2) is 40.4 Å². The Kier molecular flexibility index (Phi) is 4.14. The maximum atomic E-state index is 4.47. The minimum absolute atomic E-state index is 0.586. The van der Waals surface area contributed by atoms with Crippen molar-refractivity contribution in [2.75, 3.05) is 19.6 Å². The van der Waals surface area contributed by atoms with Gasteiger partial charge >= 0.3 is 0 Å². The van der Waals surface area contributed by atoms with Gasteiger partial charge < -0.3 is 5.32 Å². The van der Waals surface area contributed by atoms with Gasteiger partial charge in [0.15, 0.2) is 0 Å². The Balaban J connectivity index is 1.59. The van der Waals surface area contributed by atoms with E-state index in [2.05, 4.69) is 52.7 Å². The zero-order chi connectivity index (χ0) is 13.8. The van der Waals surface area contributed by atoms with Crippen LogP contribution in [0.2, 0.25) is 0 Å². The van der Waals surface area contributed by atoms with Gasteiger partial charge in [0.1, 0.15) is 0 Å². The fourth-order valence-electron chi connectivity index (χ4n) is 2.76. The Morgan fingerprint density at radius 2 is 2.05 bits per heavy atom. The summed E-state index contributed by atoms with van der Waals surface area (Å²) in [5.41, 5.74) is 2.59. The van der Waals surface area contributed by atoms with Gasteiger partial charge in [0.2, 0.25) is 0 Å². The van der Waals surface area contributed by atoms with E-state index in [1.807, 2.05) is 16.9 Å². The van der Waals surface area contributed by atoms with Gasteiger partial charge in [-0.25, -0.2) is 0 Å². The van der Waals surface area contributed by atoms with Crippen molar-refractivity contribution in [1.82, 2.24) is 20.0 Å². The highest BCUT2D eigenvalue weighted by atomic mass is 15.3. The van der Waals surface area contributed by atoms with E-state index >= 15 is 0 Å². The Bertz CT molecular complexity index is 534. The topological polar surface area (TPSA) is 33.1 Å². The summed E-state index contributed by atoms with van der Waals surface area (Å²) in [5, 5.41) is 7.94. The number of benzene rings is 1. The van der Waals surface area contributed by atoms with Gasteiger partial charge in [0.25, 0.3) is 0 Å². The van der Waals surface area contributed by atoms with Crippen LogP contribution in [-0.2, 0) is 13.1 Å². The molecule has 0 bridgehead atoms. The number of rotatable bonds is 4. The molecule has 1 unspecified atom stereocenters. The molecule has 0 saturated carbocycles. The van der Waals surface area contributed by atoms with Crippen LogP contribution in [0.5, 0.6) is 0 Å². The number of aromatic nitrogens is 2. The predicted octanol–water partition coefficient (Wildman–Crippen LogP) is 1.73. The molecule has 4 heteroatoms. The van der Waals surface area contributed by atoms with Crippen LogP contribution in [0.4, 0.5) is 0 Å². The second-order valence-electron chi connectivity index (χ2n) is 5.62. The van der Waals surface area contributed by atoms with Gasteiger partial charge in [-0.1, -0.05) is 30.3 Å². The summed E-state index contributed by atoms with van der Waals surface area (Å²) in [4.78, 5) is 2.49. The monoisotopic (exact) mass is 270 g/mol. The quantitative estimate of drug-likeness (QED) is 0.918. The van der Waals surface area contributed by atoms with Gasteiger partial charge in [-0.15, -0.1) is 0 Å². The summed E-state index contributed by atoms with van der Waals surface area (Å²) in [6.07, 6.45) is 4.16. The first-order valence-corrected chi connectivity index (χ1v) is 7.30. The summed E-state index contributed by atoms with van der Waals surface area (Å²) < 4.78 is 2.02.